The van der Waals surface area contributed by atoms with E-state index in [0.717, 1.165) is 12.8 Å². The largest absolute Gasteiger partial charge is 0.381 e. The van der Waals surface area contributed by atoms with Crippen LogP contribution in [-0.2, 0) is 9.53 Å². The van der Waals surface area contributed by atoms with Crippen molar-refractivity contribution in [3.05, 3.63) is 0 Å². The molecular weight excluding hydrogens is 154 g/mol. The van der Waals surface area contributed by atoms with Gasteiger partial charge in [-0.1, -0.05) is 5.92 Å². The van der Waals surface area contributed by atoms with Crippen LogP contribution in [0.5, 0.6) is 0 Å². The van der Waals surface area contributed by atoms with Gasteiger partial charge in [-0.15, -0.1) is 6.42 Å². The molecule has 0 saturated carbocycles. The van der Waals surface area contributed by atoms with Gasteiger partial charge in [0.05, 0.1) is 6.54 Å². The van der Waals surface area contributed by atoms with E-state index in [9.17, 15) is 4.79 Å². The molecule has 1 amide bonds. The number of nitrogens with one attached hydrogen (secondary N) is 1. The molecule has 0 spiro atoms. The standard InChI is InChI=1S/C9H13NO2/c1-2-5-10-9(11)8-3-6-12-7-4-8/h1,8H,3-7H2,(H,10,11). The molecule has 3 heteroatoms. The summed E-state index contributed by atoms with van der Waals surface area (Å²) in [6, 6.07) is 0. The fourth-order valence-corrected chi connectivity index (χ4v) is 1.24. The zero-order valence-corrected chi connectivity index (χ0v) is 7.01. The van der Waals surface area contributed by atoms with Gasteiger partial charge in [0.15, 0.2) is 0 Å². The van der Waals surface area contributed by atoms with E-state index in [1.165, 1.54) is 0 Å². The van der Waals surface area contributed by atoms with Gasteiger partial charge >= 0.3 is 0 Å². The van der Waals surface area contributed by atoms with Gasteiger partial charge in [0.2, 0.25) is 5.91 Å². The zero-order chi connectivity index (χ0) is 8.81. The minimum Gasteiger partial charge on any atom is -0.381 e. The maximum Gasteiger partial charge on any atom is 0.224 e. The van der Waals surface area contributed by atoms with Crippen LogP contribution in [0.2, 0.25) is 0 Å². The van der Waals surface area contributed by atoms with Crippen LogP contribution in [0.4, 0.5) is 0 Å². The van der Waals surface area contributed by atoms with Crippen molar-refractivity contribution in [1.29, 1.82) is 0 Å². The predicted octanol–water partition coefficient (Wildman–Crippen LogP) is 0.162. The molecular formula is C9H13NO2. The highest BCUT2D eigenvalue weighted by Crippen LogP contribution is 2.13. The van der Waals surface area contributed by atoms with Gasteiger partial charge in [0, 0.05) is 19.1 Å². The van der Waals surface area contributed by atoms with E-state index >= 15 is 0 Å². The van der Waals surface area contributed by atoms with E-state index in [2.05, 4.69) is 11.2 Å². The first kappa shape index (κ1) is 9.08. The SMILES string of the molecule is C#CCNC(=O)C1CCOCC1. The number of amides is 1. The summed E-state index contributed by atoms with van der Waals surface area (Å²) in [5.41, 5.74) is 0. The first-order valence-electron chi connectivity index (χ1n) is 4.13. The molecule has 0 unspecified atom stereocenters. The van der Waals surface area contributed by atoms with Crippen LogP contribution in [0.3, 0.4) is 0 Å². The van der Waals surface area contributed by atoms with Crippen molar-refractivity contribution in [2.75, 3.05) is 19.8 Å². The van der Waals surface area contributed by atoms with Gasteiger partial charge in [-0.3, -0.25) is 4.79 Å². The van der Waals surface area contributed by atoms with Gasteiger partial charge in [-0.25, -0.2) is 0 Å². The van der Waals surface area contributed by atoms with E-state index < -0.39 is 0 Å². The number of terminal acetylenes is 1. The van der Waals surface area contributed by atoms with Crippen molar-refractivity contribution in [1.82, 2.24) is 5.32 Å². The lowest BCUT2D eigenvalue weighted by molar-refractivity contribution is -0.127. The fraction of sp³-hybridized carbons (Fsp3) is 0.667. The molecule has 0 aromatic rings. The monoisotopic (exact) mass is 167 g/mol. The zero-order valence-electron chi connectivity index (χ0n) is 7.01. The quantitative estimate of drug-likeness (QED) is 0.595. The Morgan fingerprint density at radius 1 is 1.58 bits per heavy atom. The molecule has 0 radical (unpaired) electrons. The van der Waals surface area contributed by atoms with Crippen LogP contribution >= 0.6 is 0 Å². The van der Waals surface area contributed by atoms with Crippen molar-refractivity contribution in [3.8, 4) is 12.3 Å². The third kappa shape index (κ3) is 2.55. The molecule has 3 nitrogen and oxygen atoms in total. The highest BCUT2D eigenvalue weighted by atomic mass is 16.5. The lowest BCUT2D eigenvalue weighted by Gasteiger charge is -2.20. The van der Waals surface area contributed by atoms with Crippen LogP contribution in [0, 0.1) is 18.3 Å². The van der Waals surface area contributed by atoms with E-state index in [-0.39, 0.29) is 11.8 Å². The Hall–Kier alpha value is -1.01. The summed E-state index contributed by atoms with van der Waals surface area (Å²) >= 11 is 0. The Morgan fingerprint density at radius 2 is 2.25 bits per heavy atom. The van der Waals surface area contributed by atoms with Crippen molar-refractivity contribution >= 4 is 5.91 Å². The van der Waals surface area contributed by atoms with E-state index in [1.807, 2.05) is 0 Å². The molecule has 1 aliphatic heterocycles. The number of carbonyl (C=O) groups is 1. The van der Waals surface area contributed by atoms with Crippen molar-refractivity contribution in [3.63, 3.8) is 0 Å². The van der Waals surface area contributed by atoms with Gasteiger partial charge in [-0.2, -0.15) is 0 Å². The topological polar surface area (TPSA) is 38.3 Å². The minimum atomic E-state index is 0.0660. The van der Waals surface area contributed by atoms with Crippen molar-refractivity contribution in [2.24, 2.45) is 5.92 Å². The Kier molecular flexibility index (Phi) is 3.62. The van der Waals surface area contributed by atoms with E-state index in [0.29, 0.717) is 19.8 Å². The molecule has 0 atom stereocenters. The third-order valence-corrected chi connectivity index (χ3v) is 1.96. The number of hydrogen-bond acceptors (Lipinski definition) is 2. The average Bonchev–Trinajstić information content (AvgIpc) is 2.15. The van der Waals surface area contributed by atoms with Crippen LogP contribution in [0.1, 0.15) is 12.8 Å². The summed E-state index contributed by atoms with van der Waals surface area (Å²) in [4.78, 5) is 11.3. The summed E-state index contributed by atoms with van der Waals surface area (Å²) < 4.78 is 5.13. The maximum atomic E-state index is 11.3. The van der Waals surface area contributed by atoms with Gasteiger partial charge < -0.3 is 10.1 Å². The summed E-state index contributed by atoms with van der Waals surface area (Å²) in [6.45, 7) is 1.71. The molecule has 1 heterocycles. The highest BCUT2D eigenvalue weighted by molar-refractivity contribution is 5.78. The lowest BCUT2D eigenvalue weighted by atomic mass is 9.99. The summed E-state index contributed by atoms with van der Waals surface area (Å²) in [6.07, 6.45) is 6.65. The number of ether oxygens (including phenoxy) is 1. The van der Waals surface area contributed by atoms with E-state index in [4.69, 9.17) is 11.2 Å². The molecule has 1 N–H and O–H groups in total. The summed E-state index contributed by atoms with van der Waals surface area (Å²) in [7, 11) is 0. The van der Waals surface area contributed by atoms with Crippen LogP contribution in [-0.4, -0.2) is 25.7 Å². The van der Waals surface area contributed by atoms with Crippen LogP contribution in [0.25, 0.3) is 0 Å². The van der Waals surface area contributed by atoms with Gasteiger partial charge in [0.25, 0.3) is 0 Å². The first-order valence-corrected chi connectivity index (χ1v) is 4.13. The average molecular weight is 167 g/mol. The van der Waals surface area contributed by atoms with Crippen molar-refractivity contribution in [2.45, 2.75) is 12.8 Å². The molecule has 12 heavy (non-hydrogen) atoms. The van der Waals surface area contributed by atoms with Gasteiger partial charge in [-0.05, 0) is 12.8 Å². The third-order valence-electron chi connectivity index (χ3n) is 1.96. The molecule has 0 aromatic heterocycles. The molecule has 0 aliphatic carbocycles. The smallest absolute Gasteiger partial charge is 0.224 e. The summed E-state index contributed by atoms with van der Waals surface area (Å²) in [5, 5.41) is 2.67. The molecule has 0 aromatic carbocycles. The van der Waals surface area contributed by atoms with Crippen molar-refractivity contribution < 1.29 is 9.53 Å². The molecule has 1 aliphatic rings. The Labute approximate surface area is 72.5 Å². The number of rotatable bonds is 2. The molecule has 1 saturated heterocycles. The molecule has 0 bridgehead atoms. The predicted molar refractivity (Wildman–Crippen MR) is 45.4 cm³/mol. The second-order valence-corrected chi connectivity index (χ2v) is 2.81. The Bertz CT molecular complexity index is 189. The number of hydrogen-bond donors (Lipinski definition) is 1. The highest BCUT2D eigenvalue weighted by Gasteiger charge is 2.20. The first-order chi connectivity index (χ1) is 5.84. The Morgan fingerprint density at radius 3 is 2.83 bits per heavy atom. The Balaban J connectivity index is 2.26. The second kappa shape index (κ2) is 4.78. The molecule has 1 fully saturated rings. The van der Waals surface area contributed by atoms with Crippen LogP contribution < -0.4 is 5.32 Å². The van der Waals surface area contributed by atoms with E-state index in [1.54, 1.807) is 0 Å². The summed E-state index contributed by atoms with van der Waals surface area (Å²) in [5.74, 6) is 2.54. The fourth-order valence-electron chi connectivity index (χ4n) is 1.24. The second-order valence-electron chi connectivity index (χ2n) is 2.81. The van der Waals surface area contributed by atoms with Crippen LogP contribution in [0.15, 0.2) is 0 Å². The van der Waals surface area contributed by atoms with Gasteiger partial charge in [0.1, 0.15) is 0 Å². The lowest BCUT2D eigenvalue weighted by Crippen LogP contribution is -2.34. The normalized spacial score (nSPS) is 18.2. The maximum absolute atomic E-state index is 11.3. The minimum absolute atomic E-state index is 0.0660. The molecule has 1 rings (SSSR count). The number of carbonyl (C=O) groups excluding carboxylic acids is 1. The molecule has 66 valence electrons.